The molecular formula is C19H29N3O. The molecule has 0 radical (unpaired) electrons. The smallest absolute Gasteiger partial charge is 0.321 e. The zero-order chi connectivity index (χ0) is 16.2. The highest BCUT2D eigenvalue weighted by Crippen LogP contribution is 2.32. The third kappa shape index (κ3) is 3.80. The van der Waals surface area contributed by atoms with Crippen LogP contribution in [-0.4, -0.2) is 32.2 Å². The number of nitrogens with one attached hydrogen (secondary N) is 1. The van der Waals surface area contributed by atoms with Gasteiger partial charge in [-0.15, -0.1) is 0 Å². The maximum absolute atomic E-state index is 12.6. The van der Waals surface area contributed by atoms with Crippen molar-refractivity contribution in [2.24, 2.45) is 5.92 Å². The number of hydrogen-bond acceptors (Lipinski definition) is 2. The standard InChI is InChI=1S/C19H29N3O/c1-15(2)9-10-20-19(23)22-13-5-6-16-7-8-17(14-18(16)22)21-11-3-4-12-21/h7-8,14-15H,3-6,9-13H2,1-2H3,(H,20,23). The molecule has 1 aromatic carbocycles. The van der Waals surface area contributed by atoms with E-state index in [4.69, 9.17) is 0 Å². The van der Waals surface area contributed by atoms with E-state index < -0.39 is 0 Å². The summed E-state index contributed by atoms with van der Waals surface area (Å²) in [7, 11) is 0. The summed E-state index contributed by atoms with van der Waals surface area (Å²) in [6, 6.07) is 6.73. The average molecular weight is 315 g/mol. The molecule has 2 heterocycles. The molecule has 4 heteroatoms. The van der Waals surface area contributed by atoms with Crippen LogP contribution in [0.25, 0.3) is 0 Å². The molecular weight excluding hydrogens is 286 g/mol. The maximum Gasteiger partial charge on any atom is 0.321 e. The minimum atomic E-state index is 0.0603. The van der Waals surface area contributed by atoms with Crippen molar-refractivity contribution in [3.63, 3.8) is 0 Å². The summed E-state index contributed by atoms with van der Waals surface area (Å²) in [5.74, 6) is 0.616. The Balaban J connectivity index is 1.74. The Hall–Kier alpha value is -1.71. The molecule has 2 aliphatic rings. The number of benzene rings is 1. The minimum absolute atomic E-state index is 0.0603. The van der Waals surface area contributed by atoms with Crippen LogP contribution in [0.3, 0.4) is 0 Å². The Morgan fingerprint density at radius 1 is 1.17 bits per heavy atom. The number of urea groups is 1. The molecule has 1 N–H and O–H groups in total. The van der Waals surface area contributed by atoms with Gasteiger partial charge in [0, 0.05) is 31.9 Å². The first-order valence-electron chi connectivity index (χ1n) is 9.08. The molecule has 4 nitrogen and oxygen atoms in total. The summed E-state index contributed by atoms with van der Waals surface area (Å²) in [6.07, 6.45) is 5.70. The average Bonchev–Trinajstić information content (AvgIpc) is 3.07. The van der Waals surface area contributed by atoms with Crippen molar-refractivity contribution in [1.29, 1.82) is 0 Å². The van der Waals surface area contributed by atoms with Crippen molar-refractivity contribution in [2.75, 3.05) is 36.0 Å². The summed E-state index contributed by atoms with van der Waals surface area (Å²) in [6.45, 7) is 8.23. The van der Waals surface area contributed by atoms with Crippen molar-refractivity contribution < 1.29 is 4.79 Å². The van der Waals surface area contributed by atoms with Gasteiger partial charge in [-0.1, -0.05) is 19.9 Å². The van der Waals surface area contributed by atoms with E-state index in [1.807, 2.05) is 4.90 Å². The lowest BCUT2D eigenvalue weighted by Gasteiger charge is -2.31. The molecule has 0 aliphatic carbocycles. The first kappa shape index (κ1) is 16.2. The van der Waals surface area contributed by atoms with E-state index in [1.165, 1.54) is 24.1 Å². The van der Waals surface area contributed by atoms with Gasteiger partial charge in [-0.3, -0.25) is 4.90 Å². The van der Waals surface area contributed by atoms with Crippen LogP contribution in [-0.2, 0) is 6.42 Å². The van der Waals surface area contributed by atoms with E-state index in [9.17, 15) is 4.79 Å². The molecule has 0 bridgehead atoms. The van der Waals surface area contributed by atoms with Crippen LogP contribution >= 0.6 is 0 Å². The van der Waals surface area contributed by atoms with Gasteiger partial charge in [0.25, 0.3) is 0 Å². The lowest BCUT2D eigenvalue weighted by molar-refractivity contribution is 0.245. The molecule has 3 rings (SSSR count). The van der Waals surface area contributed by atoms with Gasteiger partial charge in [-0.2, -0.15) is 0 Å². The lowest BCUT2D eigenvalue weighted by Crippen LogP contribution is -2.43. The van der Waals surface area contributed by atoms with Crippen molar-refractivity contribution in [2.45, 2.75) is 46.0 Å². The molecule has 0 unspecified atom stereocenters. The second-order valence-electron chi connectivity index (χ2n) is 7.18. The molecule has 0 aromatic heterocycles. The van der Waals surface area contributed by atoms with Crippen molar-refractivity contribution >= 4 is 17.4 Å². The van der Waals surface area contributed by atoms with Crippen LogP contribution in [0.5, 0.6) is 0 Å². The lowest BCUT2D eigenvalue weighted by atomic mass is 10.0. The predicted octanol–water partition coefficient (Wildman–Crippen LogP) is 3.80. The molecule has 2 amide bonds. The second-order valence-corrected chi connectivity index (χ2v) is 7.18. The van der Waals surface area contributed by atoms with E-state index >= 15 is 0 Å². The fraction of sp³-hybridized carbons (Fsp3) is 0.632. The number of carbonyl (C=O) groups is 1. The Morgan fingerprint density at radius 3 is 2.70 bits per heavy atom. The van der Waals surface area contributed by atoms with E-state index in [-0.39, 0.29) is 6.03 Å². The summed E-state index contributed by atoms with van der Waals surface area (Å²) in [4.78, 5) is 17.0. The van der Waals surface area contributed by atoms with Gasteiger partial charge >= 0.3 is 6.03 Å². The third-order valence-electron chi connectivity index (χ3n) is 4.90. The topological polar surface area (TPSA) is 35.6 Å². The molecule has 0 spiro atoms. The number of hydrogen-bond donors (Lipinski definition) is 1. The predicted molar refractivity (Wildman–Crippen MR) is 96.4 cm³/mol. The van der Waals surface area contributed by atoms with E-state index in [0.717, 1.165) is 51.1 Å². The highest BCUT2D eigenvalue weighted by atomic mass is 16.2. The monoisotopic (exact) mass is 315 g/mol. The number of rotatable bonds is 4. The van der Waals surface area contributed by atoms with Gasteiger partial charge in [0.2, 0.25) is 0 Å². The van der Waals surface area contributed by atoms with Gasteiger partial charge in [-0.05, 0) is 55.7 Å². The maximum atomic E-state index is 12.6. The summed E-state index contributed by atoms with van der Waals surface area (Å²) < 4.78 is 0. The fourth-order valence-corrected chi connectivity index (χ4v) is 3.51. The third-order valence-corrected chi connectivity index (χ3v) is 4.90. The van der Waals surface area contributed by atoms with Crippen molar-refractivity contribution in [1.82, 2.24) is 5.32 Å². The Labute approximate surface area is 139 Å². The number of nitrogens with zero attached hydrogens (tertiary/aromatic N) is 2. The zero-order valence-corrected chi connectivity index (χ0v) is 14.5. The van der Waals surface area contributed by atoms with Gasteiger partial charge < -0.3 is 10.2 Å². The normalized spacial score (nSPS) is 17.5. The molecule has 1 fully saturated rings. The molecule has 0 atom stereocenters. The number of fused-ring (bicyclic) bond motifs is 1. The van der Waals surface area contributed by atoms with Crippen LogP contribution in [0.1, 0.15) is 45.1 Å². The Morgan fingerprint density at radius 2 is 1.96 bits per heavy atom. The van der Waals surface area contributed by atoms with Crippen molar-refractivity contribution in [3.8, 4) is 0 Å². The van der Waals surface area contributed by atoms with Gasteiger partial charge in [0.05, 0.1) is 5.69 Å². The van der Waals surface area contributed by atoms with Gasteiger partial charge in [0.1, 0.15) is 0 Å². The largest absolute Gasteiger partial charge is 0.371 e. The second kappa shape index (κ2) is 7.24. The minimum Gasteiger partial charge on any atom is -0.371 e. The fourth-order valence-electron chi connectivity index (χ4n) is 3.51. The first-order valence-corrected chi connectivity index (χ1v) is 9.08. The number of carbonyl (C=O) groups excluding carboxylic acids is 1. The summed E-state index contributed by atoms with van der Waals surface area (Å²) in [5.41, 5.74) is 3.68. The molecule has 126 valence electrons. The van der Waals surface area contributed by atoms with Crippen molar-refractivity contribution in [3.05, 3.63) is 23.8 Å². The Bertz CT molecular complexity index is 550. The van der Waals surface area contributed by atoms with Crippen LogP contribution in [0.2, 0.25) is 0 Å². The van der Waals surface area contributed by atoms with E-state index in [1.54, 1.807) is 0 Å². The molecule has 1 saturated heterocycles. The van der Waals surface area contributed by atoms with Crippen LogP contribution < -0.4 is 15.1 Å². The zero-order valence-electron chi connectivity index (χ0n) is 14.5. The van der Waals surface area contributed by atoms with Crippen LogP contribution in [0.15, 0.2) is 18.2 Å². The molecule has 0 saturated carbocycles. The molecule has 1 aromatic rings. The highest BCUT2D eigenvalue weighted by Gasteiger charge is 2.24. The van der Waals surface area contributed by atoms with E-state index in [0.29, 0.717) is 5.92 Å². The molecule has 2 aliphatic heterocycles. The number of amides is 2. The Kier molecular flexibility index (Phi) is 5.09. The van der Waals surface area contributed by atoms with Gasteiger partial charge in [0.15, 0.2) is 0 Å². The molecule has 23 heavy (non-hydrogen) atoms. The first-order chi connectivity index (χ1) is 11.1. The summed E-state index contributed by atoms with van der Waals surface area (Å²) >= 11 is 0. The van der Waals surface area contributed by atoms with Crippen LogP contribution in [0, 0.1) is 5.92 Å². The van der Waals surface area contributed by atoms with E-state index in [2.05, 4.69) is 42.3 Å². The van der Waals surface area contributed by atoms with Crippen LogP contribution in [0.4, 0.5) is 16.2 Å². The highest BCUT2D eigenvalue weighted by molar-refractivity contribution is 5.94. The van der Waals surface area contributed by atoms with Gasteiger partial charge in [-0.25, -0.2) is 4.79 Å². The summed E-state index contributed by atoms with van der Waals surface area (Å²) in [5, 5.41) is 3.09. The number of anilines is 2. The quantitative estimate of drug-likeness (QED) is 0.917. The number of aryl methyl sites for hydroxylation is 1. The SMILES string of the molecule is CC(C)CCNC(=O)N1CCCc2ccc(N3CCCC3)cc21.